The number of aromatic nitrogens is 1. The maximum Gasteiger partial charge on any atom is 0.145 e. The average molecular weight is 257 g/mol. The van der Waals surface area contributed by atoms with E-state index in [1.165, 1.54) is 0 Å². The molecule has 1 aromatic rings. The Kier molecular flexibility index (Phi) is 2.41. The Morgan fingerprint density at radius 1 is 1.28 bits per heavy atom. The van der Waals surface area contributed by atoms with Crippen LogP contribution in [0, 0.1) is 5.41 Å². The van der Waals surface area contributed by atoms with Gasteiger partial charge in [-0.3, -0.25) is 5.41 Å². The number of nitrogen functional groups attached to an aromatic ring is 1. The van der Waals surface area contributed by atoms with E-state index < -0.39 is 0 Å². The van der Waals surface area contributed by atoms with E-state index in [9.17, 15) is 0 Å². The molecule has 1 aliphatic heterocycles. The van der Waals surface area contributed by atoms with Crippen LogP contribution >= 0.6 is 11.3 Å². The number of anilines is 1. The highest BCUT2D eigenvalue weighted by Crippen LogP contribution is 2.31. The lowest BCUT2D eigenvalue weighted by Gasteiger charge is -2.08. The molecule has 0 radical (unpaired) electrons. The second-order valence-corrected chi connectivity index (χ2v) is 5.05. The minimum Gasteiger partial charge on any atom is -0.494 e. The molecule has 3 N–H and O–H groups in total. The van der Waals surface area contributed by atoms with Gasteiger partial charge in [-0.05, 0) is 24.3 Å². The van der Waals surface area contributed by atoms with Gasteiger partial charge in [-0.1, -0.05) is 0 Å². The summed E-state index contributed by atoms with van der Waals surface area (Å²) in [5.74, 6) is 0.539. The quantitative estimate of drug-likeness (QED) is 0.519. The molecule has 0 amide bonds. The lowest BCUT2D eigenvalue weighted by molar-refractivity contribution is 0.408. The van der Waals surface area contributed by atoms with Crippen molar-refractivity contribution < 1.29 is 4.74 Å². The first-order valence-electron chi connectivity index (χ1n) is 5.40. The van der Waals surface area contributed by atoms with Crippen molar-refractivity contribution in [3.63, 3.8) is 0 Å². The summed E-state index contributed by atoms with van der Waals surface area (Å²) in [6.07, 6.45) is 0. The normalized spacial score (nSPS) is 10.9. The monoisotopic (exact) mass is 257 g/mol. The van der Waals surface area contributed by atoms with Gasteiger partial charge in [0.05, 0.1) is 33.3 Å². The van der Waals surface area contributed by atoms with Crippen LogP contribution in [0.3, 0.4) is 0 Å². The van der Waals surface area contributed by atoms with Crippen molar-refractivity contribution in [2.75, 3.05) is 12.8 Å². The summed E-state index contributed by atoms with van der Waals surface area (Å²) >= 11 is 1.58. The molecule has 0 saturated heterocycles. The molecule has 18 heavy (non-hydrogen) atoms. The Labute approximate surface area is 108 Å². The molecule has 2 aliphatic rings. The fraction of sp³-hybridized carbons (Fsp3) is 0.0769. The molecule has 0 bridgehead atoms. The van der Waals surface area contributed by atoms with Crippen LogP contribution in [-0.4, -0.2) is 12.1 Å². The van der Waals surface area contributed by atoms with Crippen molar-refractivity contribution in [1.29, 1.82) is 5.41 Å². The molecule has 0 aromatic heterocycles. The molecule has 0 unspecified atom stereocenters. The summed E-state index contributed by atoms with van der Waals surface area (Å²) in [5.41, 5.74) is 8.23. The van der Waals surface area contributed by atoms with Gasteiger partial charge in [0.15, 0.2) is 0 Å². The number of benzene rings is 2. The summed E-state index contributed by atoms with van der Waals surface area (Å²) in [4.78, 5) is 5.52. The minimum atomic E-state index is 0.367. The highest BCUT2D eigenvalue weighted by atomic mass is 32.1. The number of fused-ring (bicyclic) bond motifs is 2. The Hall–Kier alpha value is -2.14. The highest BCUT2D eigenvalue weighted by molar-refractivity contribution is 7.21. The molecule has 90 valence electrons. The van der Waals surface area contributed by atoms with Crippen LogP contribution in [0.5, 0.6) is 5.75 Å². The maximum atomic E-state index is 7.83. The summed E-state index contributed by atoms with van der Waals surface area (Å²) in [5, 5.41) is 8.20. The van der Waals surface area contributed by atoms with Gasteiger partial charge in [0, 0.05) is 11.8 Å². The topological polar surface area (TPSA) is 72.0 Å². The molecule has 0 spiro atoms. The van der Waals surface area contributed by atoms with Crippen LogP contribution in [0.2, 0.25) is 0 Å². The molecule has 4 nitrogen and oxygen atoms in total. The van der Waals surface area contributed by atoms with Gasteiger partial charge in [-0.15, -0.1) is 11.3 Å². The summed E-state index contributed by atoms with van der Waals surface area (Å²) in [6, 6.07) is 9.21. The summed E-state index contributed by atoms with van der Waals surface area (Å²) in [6.45, 7) is 0. The third kappa shape index (κ3) is 1.69. The Bertz CT molecular complexity index is 766. The van der Waals surface area contributed by atoms with Crippen LogP contribution in [-0.2, 0) is 0 Å². The lowest BCUT2D eigenvalue weighted by atomic mass is 10.2. The third-order valence-electron chi connectivity index (χ3n) is 2.73. The molecule has 1 aromatic carbocycles. The maximum absolute atomic E-state index is 7.83. The number of nitrogens with zero attached hydrogens (tertiary/aromatic N) is 1. The fourth-order valence-electron chi connectivity index (χ4n) is 1.84. The van der Waals surface area contributed by atoms with Gasteiger partial charge in [0.1, 0.15) is 5.75 Å². The van der Waals surface area contributed by atoms with E-state index in [1.807, 2.05) is 18.2 Å². The highest BCUT2D eigenvalue weighted by Gasteiger charge is 2.10. The van der Waals surface area contributed by atoms with Gasteiger partial charge in [0.2, 0.25) is 0 Å². The Morgan fingerprint density at radius 3 is 2.89 bits per heavy atom. The third-order valence-corrected chi connectivity index (χ3v) is 3.82. The molecule has 1 heterocycles. The van der Waals surface area contributed by atoms with Crippen LogP contribution < -0.4 is 15.8 Å². The lowest BCUT2D eigenvalue weighted by Crippen LogP contribution is -2.05. The van der Waals surface area contributed by atoms with Crippen LogP contribution in [0.25, 0.3) is 20.8 Å². The standard InChI is InChI=1S/C13H11N3OS/c1-17-11-6-10-13(5-8(11)15)18-12-4-7(14)2-3-9(12)16-10/h2-6,15H,14H2,1H3. The van der Waals surface area contributed by atoms with Crippen LogP contribution in [0.4, 0.5) is 5.69 Å². The number of nitrogens with one attached hydrogen (secondary N) is 1. The first kappa shape index (κ1) is 11.0. The molecule has 3 rings (SSSR count). The molecule has 0 fully saturated rings. The van der Waals surface area contributed by atoms with Crippen LogP contribution in [0.1, 0.15) is 0 Å². The van der Waals surface area contributed by atoms with E-state index in [0.717, 1.165) is 26.5 Å². The largest absolute Gasteiger partial charge is 0.494 e. The SMILES string of the molecule is COc1cc2nc3ccc(N)cc3sc-2cc1=N. The summed E-state index contributed by atoms with van der Waals surface area (Å²) < 4.78 is 6.16. The smallest absolute Gasteiger partial charge is 0.145 e. The second-order valence-electron chi connectivity index (χ2n) is 3.96. The first-order valence-corrected chi connectivity index (χ1v) is 6.22. The van der Waals surface area contributed by atoms with E-state index in [-0.39, 0.29) is 0 Å². The molecule has 5 heteroatoms. The zero-order chi connectivity index (χ0) is 12.7. The van der Waals surface area contributed by atoms with Crippen molar-refractivity contribution in [3.05, 3.63) is 35.7 Å². The van der Waals surface area contributed by atoms with E-state index in [4.69, 9.17) is 15.9 Å². The van der Waals surface area contributed by atoms with E-state index >= 15 is 0 Å². The number of ether oxygens (including phenoxy) is 1. The first-order chi connectivity index (χ1) is 8.67. The molecule has 0 atom stereocenters. The number of hydrogen-bond donors (Lipinski definition) is 2. The Morgan fingerprint density at radius 2 is 2.11 bits per heavy atom. The van der Waals surface area contributed by atoms with E-state index in [0.29, 0.717) is 11.1 Å². The van der Waals surface area contributed by atoms with Gasteiger partial charge >= 0.3 is 0 Å². The van der Waals surface area contributed by atoms with Gasteiger partial charge in [0.25, 0.3) is 0 Å². The molecule has 1 aliphatic carbocycles. The van der Waals surface area contributed by atoms with Crippen molar-refractivity contribution >= 4 is 27.2 Å². The number of methoxy groups -OCH3 is 1. The Balaban J connectivity index is 2.39. The van der Waals surface area contributed by atoms with Crippen molar-refractivity contribution in [1.82, 2.24) is 4.98 Å². The number of nitrogens with two attached hydrogens (primary N) is 1. The van der Waals surface area contributed by atoms with Crippen molar-refractivity contribution in [2.24, 2.45) is 0 Å². The van der Waals surface area contributed by atoms with Crippen molar-refractivity contribution in [3.8, 4) is 16.3 Å². The molecule has 0 saturated carbocycles. The minimum absolute atomic E-state index is 0.367. The zero-order valence-corrected chi connectivity index (χ0v) is 10.5. The fourth-order valence-corrected chi connectivity index (χ4v) is 2.88. The number of rotatable bonds is 1. The van der Waals surface area contributed by atoms with Gasteiger partial charge in [-0.2, -0.15) is 0 Å². The van der Waals surface area contributed by atoms with Crippen LogP contribution in [0.15, 0.2) is 30.3 Å². The predicted octanol–water partition coefficient (Wildman–Crippen LogP) is 2.47. The predicted molar refractivity (Wildman–Crippen MR) is 73.1 cm³/mol. The van der Waals surface area contributed by atoms with Gasteiger partial charge < -0.3 is 10.5 Å². The van der Waals surface area contributed by atoms with Gasteiger partial charge in [-0.25, -0.2) is 4.98 Å². The molecular weight excluding hydrogens is 246 g/mol. The summed E-state index contributed by atoms with van der Waals surface area (Å²) in [7, 11) is 1.56. The van der Waals surface area contributed by atoms with E-state index in [2.05, 4.69) is 4.98 Å². The average Bonchev–Trinajstić information content (AvgIpc) is 2.35. The van der Waals surface area contributed by atoms with E-state index in [1.54, 1.807) is 30.6 Å². The second kappa shape index (κ2) is 3.96. The van der Waals surface area contributed by atoms with Crippen molar-refractivity contribution in [2.45, 2.75) is 0 Å². The number of hydrogen-bond acceptors (Lipinski definition) is 5. The molecular formula is C13H11N3OS. The zero-order valence-electron chi connectivity index (χ0n) is 9.73.